The fraction of sp³-hybridized carbons (Fsp3) is 0.442. The number of hydrogen-bond donors (Lipinski definition) is 6. The van der Waals surface area contributed by atoms with E-state index in [4.69, 9.17) is 42.4 Å². The molecule has 0 aliphatic carbocycles. The minimum Gasteiger partial charge on any atom is -0.492 e. The zero-order valence-corrected chi connectivity index (χ0v) is 42.6. The van der Waals surface area contributed by atoms with E-state index >= 15 is 0 Å². The molecule has 1 aliphatic heterocycles. The van der Waals surface area contributed by atoms with Crippen molar-refractivity contribution in [3.63, 3.8) is 0 Å². The van der Waals surface area contributed by atoms with E-state index in [1.54, 1.807) is 44.2 Å². The number of urea groups is 1. The van der Waals surface area contributed by atoms with Crippen LogP contribution < -0.4 is 43.0 Å². The maximum atomic E-state index is 14.9. The lowest BCUT2D eigenvalue weighted by atomic mass is 9.86. The second-order valence-corrected chi connectivity index (χ2v) is 18.7. The lowest BCUT2D eigenvalue weighted by Crippen LogP contribution is -2.46. The van der Waals surface area contributed by atoms with Crippen molar-refractivity contribution >= 4 is 54.4 Å². The van der Waals surface area contributed by atoms with Gasteiger partial charge in [-0.15, -0.1) is 0 Å². The molecule has 4 atom stereocenters. The summed E-state index contributed by atoms with van der Waals surface area (Å²) in [4.78, 5) is 94.9. The van der Waals surface area contributed by atoms with Crippen LogP contribution in [0.2, 0.25) is 0 Å². The largest absolute Gasteiger partial charge is 0.492 e. The summed E-state index contributed by atoms with van der Waals surface area (Å²) >= 11 is 0. The van der Waals surface area contributed by atoms with E-state index in [9.17, 15) is 34.0 Å². The number of carbonyl (C=O) groups excluding carboxylic acids is 6. The first kappa shape index (κ1) is 56.9. The number of ketones is 3. The van der Waals surface area contributed by atoms with Crippen molar-refractivity contribution in [3.8, 4) is 40.1 Å². The van der Waals surface area contributed by atoms with Gasteiger partial charge in [0.25, 0.3) is 0 Å². The molecule has 0 saturated heterocycles. The van der Waals surface area contributed by atoms with E-state index in [0.717, 1.165) is 11.1 Å². The molecule has 18 nitrogen and oxygen atoms in total. The quantitative estimate of drug-likeness (QED) is 0.0694. The summed E-state index contributed by atoms with van der Waals surface area (Å²) in [7, 11) is 1.46. The third kappa shape index (κ3) is 14.2. The number of primary amides is 1. The Labute approximate surface area is 422 Å². The number of benzene rings is 3. The van der Waals surface area contributed by atoms with Crippen molar-refractivity contribution in [2.75, 3.05) is 45.2 Å². The third-order valence-corrected chi connectivity index (χ3v) is 12.2. The van der Waals surface area contributed by atoms with Gasteiger partial charge in [-0.05, 0) is 79.6 Å². The Kier molecular flexibility index (Phi) is 20.4. The Morgan fingerprint density at radius 2 is 1.56 bits per heavy atom. The predicted octanol–water partition coefficient (Wildman–Crippen LogP) is 5.25. The number of likely N-dealkylation sites (N-methyl/N-ethyl adjacent to an activating group) is 1. The molecular weight excluding hydrogens is 925 g/mol. The number of rotatable bonds is 18. The molecule has 4 aromatic rings. The Morgan fingerprint density at radius 3 is 2.15 bits per heavy atom. The zero-order chi connectivity index (χ0) is 51.4. The Balaban J connectivity index is 0.0000110. The molecule has 5 rings (SSSR count). The molecule has 380 valence electrons. The van der Waals surface area contributed by atoms with Crippen LogP contribution in [0.3, 0.4) is 0 Å². The number of carbonyl (C=O) groups is 6. The summed E-state index contributed by atoms with van der Waals surface area (Å²) < 4.78 is 12.3. The molecule has 0 saturated carbocycles. The van der Waals surface area contributed by atoms with E-state index in [-0.39, 0.29) is 119 Å². The van der Waals surface area contributed by atoms with Crippen LogP contribution in [0.15, 0.2) is 54.6 Å². The first-order valence-corrected chi connectivity index (χ1v) is 23.4. The number of nitrogens with two attached hydrogens (primary N) is 4. The standard InChI is InChI=1S/C52H66N10O8.H2S/c1-29-23-43(65)46(62(7)50(67)35(16-18-54)28-42(64)45-30(2)58-48(59-31(45)3)33-10-13-36(14-11-33)52(4,5)6)34-12-15-44(69-21-19-55)37(27-34)38-24-32(25-39(60-49(29)66)41(63)9-8-17-53)26-40(61-51(57)68)47(38)70-22-20-56;/h10-15,24,26-27,29,35,39,46H,8-9,16,18-23,25,28,54-56H2,1-7H3,(H,60,66)(H3,57,61,68);1H2/t29-,35-,39+,46+;/m1./s1. The number of hydrogen-bond acceptors (Lipinski definition) is 14. The summed E-state index contributed by atoms with van der Waals surface area (Å²) in [5.41, 5.74) is 28.1. The summed E-state index contributed by atoms with van der Waals surface area (Å²) in [6, 6.07) is 14.6. The average Bonchev–Trinajstić information content (AvgIpc) is 3.30. The van der Waals surface area contributed by atoms with Crippen molar-refractivity contribution in [1.29, 1.82) is 5.26 Å². The molecule has 71 heavy (non-hydrogen) atoms. The van der Waals surface area contributed by atoms with Crippen molar-refractivity contribution in [3.05, 3.63) is 88.2 Å². The van der Waals surface area contributed by atoms with Gasteiger partial charge in [0.1, 0.15) is 25.0 Å². The number of ether oxygens (including phenoxy) is 2. The first-order valence-electron chi connectivity index (χ1n) is 23.4. The fourth-order valence-corrected chi connectivity index (χ4v) is 8.67. The van der Waals surface area contributed by atoms with Gasteiger partial charge in [0.05, 0.1) is 34.7 Å². The molecule has 0 unspecified atom stereocenters. The van der Waals surface area contributed by atoms with E-state index < -0.39 is 53.3 Å². The van der Waals surface area contributed by atoms with Gasteiger partial charge in [-0.2, -0.15) is 18.8 Å². The van der Waals surface area contributed by atoms with Gasteiger partial charge in [-0.1, -0.05) is 58.0 Å². The first-order chi connectivity index (χ1) is 33.2. The number of Topliss-reactive ketones (excluding diaryl/α,β-unsaturated/α-hetero) is 3. The van der Waals surface area contributed by atoms with E-state index in [1.807, 2.05) is 30.3 Å². The number of aromatic nitrogens is 2. The SMILES string of the molecule is Cc1nc(-c2ccc(C(C)(C)C)cc2)nc(C)c1C(=O)C[C@@H](CCN)C(=O)N(C)[C@@H]1C(=O)C[C@@H](C)C(=O)N[C@H](C(=O)CCC#N)Cc2cc(NC(N)=O)c(OCCN)c(c2)-c2cc1ccc2OCCN.S. The van der Waals surface area contributed by atoms with E-state index in [2.05, 4.69) is 31.4 Å². The fourth-order valence-electron chi connectivity index (χ4n) is 8.67. The molecule has 19 heteroatoms. The van der Waals surface area contributed by atoms with Crippen molar-refractivity contribution < 1.29 is 38.2 Å². The van der Waals surface area contributed by atoms with Crippen molar-refractivity contribution in [2.24, 2.45) is 34.8 Å². The van der Waals surface area contributed by atoms with Crippen molar-refractivity contribution in [2.45, 2.75) is 97.6 Å². The number of anilines is 1. The van der Waals surface area contributed by atoms with Crippen molar-refractivity contribution in [1.82, 2.24) is 20.2 Å². The highest BCUT2D eigenvalue weighted by atomic mass is 32.1. The second kappa shape index (κ2) is 25.4. The Bertz CT molecular complexity index is 2620. The minimum absolute atomic E-state index is 0. The molecular formula is C52H68N10O8S. The topological polar surface area (TPSA) is 302 Å². The highest BCUT2D eigenvalue weighted by molar-refractivity contribution is 7.59. The summed E-state index contributed by atoms with van der Waals surface area (Å²) in [6.45, 7) is 11.7. The minimum atomic E-state index is -1.34. The monoisotopic (exact) mass is 992 g/mol. The average molecular weight is 993 g/mol. The van der Waals surface area contributed by atoms with Crippen LogP contribution in [-0.2, 0) is 31.0 Å². The summed E-state index contributed by atoms with van der Waals surface area (Å²) in [5, 5.41) is 14.7. The number of fused-ring (bicyclic) bond motifs is 5. The van der Waals surface area contributed by atoms with Gasteiger partial charge in [0.2, 0.25) is 11.8 Å². The Hall–Kier alpha value is -6.72. The van der Waals surface area contributed by atoms with Gasteiger partial charge in [0.15, 0.2) is 28.9 Å². The van der Waals surface area contributed by atoms with Crippen LogP contribution >= 0.6 is 13.5 Å². The molecule has 0 radical (unpaired) electrons. The van der Waals surface area contributed by atoms with E-state index in [1.165, 1.54) is 18.9 Å². The van der Waals surface area contributed by atoms with Gasteiger partial charge >= 0.3 is 6.03 Å². The highest BCUT2D eigenvalue weighted by Gasteiger charge is 2.37. The Morgan fingerprint density at radius 1 is 0.915 bits per heavy atom. The van der Waals surface area contributed by atoms with Gasteiger partial charge in [-0.25, -0.2) is 14.8 Å². The lowest BCUT2D eigenvalue weighted by molar-refractivity contribution is -0.142. The second-order valence-electron chi connectivity index (χ2n) is 18.7. The summed E-state index contributed by atoms with van der Waals surface area (Å²) in [6.07, 6.45) is -0.907. The molecule has 1 aromatic heterocycles. The molecule has 0 spiro atoms. The van der Waals surface area contributed by atoms with Gasteiger partial charge < -0.3 is 47.9 Å². The van der Waals surface area contributed by atoms with Gasteiger partial charge in [-0.3, -0.25) is 24.0 Å². The molecule has 4 amide bonds. The van der Waals surface area contributed by atoms with Crippen LogP contribution in [0.4, 0.5) is 10.5 Å². The molecule has 3 aromatic carbocycles. The van der Waals surface area contributed by atoms with Crippen LogP contribution in [0, 0.1) is 37.0 Å². The lowest BCUT2D eigenvalue weighted by Gasteiger charge is -2.32. The number of aryl methyl sites for hydroxylation is 2. The normalized spacial score (nSPS) is 16.3. The molecule has 2 heterocycles. The molecule has 1 aliphatic rings. The van der Waals surface area contributed by atoms with E-state index in [0.29, 0.717) is 39.5 Å². The summed E-state index contributed by atoms with van der Waals surface area (Å²) in [5.74, 6) is -3.64. The highest BCUT2D eigenvalue weighted by Crippen LogP contribution is 2.44. The molecule has 4 bridgehead atoms. The maximum absolute atomic E-state index is 14.9. The third-order valence-electron chi connectivity index (χ3n) is 12.2. The van der Waals surface area contributed by atoms with Crippen LogP contribution in [0.25, 0.3) is 22.5 Å². The predicted molar refractivity (Wildman–Crippen MR) is 276 cm³/mol. The maximum Gasteiger partial charge on any atom is 0.316 e. The number of nitrogens with one attached hydrogen (secondary N) is 2. The molecule has 10 N–H and O–H groups in total. The number of amides is 4. The number of nitrogens with zero attached hydrogens (tertiary/aromatic N) is 4. The van der Waals surface area contributed by atoms with Crippen LogP contribution in [-0.4, -0.2) is 96.0 Å². The number of nitriles is 1. The zero-order valence-electron chi connectivity index (χ0n) is 41.6. The van der Waals surface area contributed by atoms with Gasteiger partial charge in [0, 0.05) is 74.3 Å². The van der Waals surface area contributed by atoms with Crippen LogP contribution in [0.5, 0.6) is 11.5 Å². The molecule has 0 fully saturated rings. The smallest absolute Gasteiger partial charge is 0.316 e. The van der Waals surface area contributed by atoms with Crippen LogP contribution in [0.1, 0.15) is 104 Å².